The third-order valence-corrected chi connectivity index (χ3v) is 4.41. The maximum Gasteiger partial charge on any atom is 0.416 e. The predicted octanol–water partition coefficient (Wildman–Crippen LogP) is 4.79. The molecule has 0 fully saturated rings. The quantitative estimate of drug-likeness (QED) is 0.389. The average Bonchev–Trinajstić information content (AvgIpc) is 3.05. The molecule has 0 aliphatic carbocycles. The molecule has 2 aromatic carbocycles. The standard InChI is InChI=1S/C20H20F4N4O/c1-12(29)25-9-3-6-16(13-4-2-5-14(10-13)20(22,23)24)26-19-27-17-8-7-15(21)11-18(17)28-19/h2,4-5,7-8,10-11,16H,3,6,9H2,1H3,(H,25,29)(H2,26,27,28). The number of carbonyl (C=O) groups is 1. The van der Waals surface area contributed by atoms with Crippen molar-refractivity contribution in [1.82, 2.24) is 15.3 Å². The number of fused-ring (bicyclic) bond motifs is 1. The highest BCUT2D eigenvalue weighted by Gasteiger charge is 2.31. The van der Waals surface area contributed by atoms with E-state index < -0.39 is 23.6 Å². The van der Waals surface area contributed by atoms with Gasteiger partial charge in [0.05, 0.1) is 22.6 Å². The molecule has 1 unspecified atom stereocenters. The van der Waals surface area contributed by atoms with Gasteiger partial charge in [0.15, 0.2) is 0 Å². The van der Waals surface area contributed by atoms with Gasteiger partial charge in [0.2, 0.25) is 11.9 Å². The number of anilines is 1. The average molecular weight is 408 g/mol. The summed E-state index contributed by atoms with van der Waals surface area (Å²) in [5.74, 6) is -0.266. The van der Waals surface area contributed by atoms with Gasteiger partial charge < -0.3 is 15.6 Å². The van der Waals surface area contributed by atoms with Crippen molar-refractivity contribution in [3.63, 3.8) is 0 Å². The highest BCUT2D eigenvalue weighted by Crippen LogP contribution is 2.32. The lowest BCUT2D eigenvalue weighted by Crippen LogP contribution is -2.22. The number of amides is 1. The van der Waals surface area contributed by atoms with Crippen molar-refractivity contribution in [2.75, 3.05) is 11.9 Å². The van der Waals surface area contributed by atoms with Gasteiger partial charge in [-0.1, -0.05) is 12.1 Å². The minimum absolute atomic E-state index is 0.173. The molecule has 0 spiro atoms. The van der Waals surface area contributed by atoms with Crippen molar-refractivity contribution in [3.05, 3.63) is 59.4 Å². The topological polar surface area (TPSA) is 69.8 Å². The van der Waals surface area contributed by atoms with Crippen LogP contribution < -0.4 is 10.6 Å². The second kappa shape index (κ2) is 8.50. The smallest absolute Gasteiger partial charge is 0.356 e. The number of benzene rings is 2. The van der Waals surface area contributed by atoms with Crippen LogP contribution in [-0.4, -0.2) is 22.4 Å². The maximum atomic E-state index is 13.4. The summed E-state index contributed by atoms with van der Waals surface area (Å²) in [7, 11) is 0. The van der Waals surface area contributed by atoms with E-state index in [1.54, 1.807) is 6.07 Å². The summed E-state index contributed by atoms with van der Waals surface area (Å²) in [6.07, 6.45) is -3.46. The van der Waals surface area contributed by atoms with E-state index in [0.717, 1.165) is 12.1 Å². The van der Waals surface area contributed by atoms with Crippen molar-refractivity contribution < 1.29 is 22.4 Å². The largest absolute Gasteiger partial charge is 0.416 e. The molecule has 9 heteroatoms. The van der Waals surface area contributed by atoms with Crippen LogP contribution in [0, 0.1) is 5.82 Å². The van der Waals surface area contributed by atoms with Crippen LogP contribution in [0.25, 0.3) is 11.0 Å². The van der Waals surface area contributed by atoms with Gasteiger partial charge in [-0.15, -0.1) is 0 Å². The van der Waals surface area contributed by atoms with Crippen LogP contribution in [0.4, 0.5) is 23.5 Å². The normalized spacial score (nSPS) is 12.7. The lowest BCUT2D eigenvalue weighted by Gasteiger charge is -2.20. The summed E-state index contributed by atoms with van der Waals surface area (Å²) in [6.45, 7) is 1.80. The summed E-state index contributed by atoms with van der Waals surface area (Å²) in [4.78, 5) is 18.3. The van der Waals surface area contributed by atoms with Crippen LogP contribution in [0.15, 0.2) is 42.5 Å². The lowest BCUT2D eigenvalue weighted by atomic mass is 9.99. The third kappa shape index (κ3) is 5.46. The van der Waals surface area contributed by atoms with Crippen LogP contribution in [0.2, 0.25) is 0 Å². The van der Waals surface area contributed by atoms with Crippen LogP contribution >= 0.6 is 0 Å². The fourth-order valence-corrected chi connectivity index (χ4v) is 3.04. The van der Waals surface area contributed by atoms with Gasteiger partial charge in [-0.3, -0.25) is 4.79 Å². The lowest BCUT2D eigenvalue weighted by molar-refractivity contribution is -0.137. The molecule has 5 nitrogen and oxygen atoms in total. The van der Waals surface area contributed by atoms with Gasteiger partial charge in [0.25, 0.3) is 0 Å². The Morgan fingerprint density at radius 2 is 2.00 bits per heavy atom. The fraction of sp³-hybridized carbons (Fsp3) is 0.300. The van der Waals surface area contributed by atoms with Gasteiger partial charge in [-0.25, -0.2) is 9.37 Å². The van der Waals surface area contributed by atoms with Gasteiger partial charge >= 0.3 is 6.18 Å². The number of nitrogens with zero attached hydrogens (tertiary/aromatic N) is 1. The molecule has 1 amide bonds. The molecule has 154 valence electrons. The number of nitrogens with one attached hydrogen (secondary N) is 3. The Morgan fingerprint density at radius 1 is 1.21 bits per heavy atom. The number of aromatic amines is 1. The summed E-state index contributed by atoms with van der Waals surface area (Å²) < 4.78 is 52.7. The zero-order chi connectivity index (χ0) is 21.0. The number of halogens is 4. The fourth-order valence-electron chi connectivity index (χ4n) is 3.04. The number of aromatic nitrogens is 2. The number of alkyl halides is 3. The SMILES string of the molecule is CC(=O)NCCCC(Nc1nc2ccc(F)cc2[nH]1)c1cccc(C(F)(F)F)c1. The molecule has 1 heterocycles. The first-order chi connectivity index (χ1) is 13.7. The first-order valence-electron chi connectivity index (χ1n) is 9.06. The van der Waals surface area contributed by atoms with Crippen molar-refractivity contribution in [2.45, 2.75) is 32.0 Å². The Kier molecular flexibility index (Phi) is 6.05. The molecule has 29 heavy (non-hydrogen) atoms. The van der Waals surface area contributed by atoms with E-state index in [1.807, 2.05) is 0 Å². The third-order valence-electron chi connectivity index (χ3n) is 4.41. The van der Waals surface area contributed by atoms with Crippen molar-refractivity contribution in [1.29, 1.82) is 0 Å². The molecule has 0 bridgehead atoms. The van der Waals surface area contributed by atoms with E-state index in [0.29, 0.717) is 41.9 Å². The van der Waals surface area contributed by atoms with Gasteiger partial charge in [-0.2, -0.15) is 13.2 Å². The minimum atomic E-state index is -4.45. The molecule has 0 radical (unpaired) electrons. The number of hydrogen-bond acceptors (Lipinski definition) is 3. The number of carbonyl (C=O) groups excluding carboxylic acids is 1. The van der Waals surface area contributed by atoms with E-state index in [1.165, 1.54) is 31.2 Å². The molecule has 1 atom stereocenters. The Labute approximate surface area is 164 Å². The van der Waals surface area contributed by atoms with E-state index in [2.05, 4.69) is 20.6 Å². The minimum Gasteiger partial charge on any atom is -0.356 e. The van der Waals surface area contributed by atoms with Crippen molar-refractivity contribution in [3.8, 4) is 0 Å². The van der Waals surface area contributed by atoms with Crippen LogP contribution in [0.5, 0.6) is 0 Å². The molecule has 1 aromatic heterocycles. The zero-order valence-corrected chi connectivity index (χ0v) is 15.6. The molecule has 3 aromatic rings. The monoisotopic (exact) mass is 408 g/mol. The first kappa shape index (κ1) is 20.6. The van der Waals surface area contributed by atoms with E-state index in [9.17, 15) is 22.4 Å². The van der Waals surface area contributed by atoms with Crippen molar-refractivity contribution in [2.24, 2.45) is 0 Å². The molecule has 0 aliphatic rings. The van der Waals surface area contributed by atoms with Gasteiger partial charge in [-0.05, 0) is 48.7 Å². The second-order valence-corrected chi connectivity index (χ2v) is 6.69. The maximum absolute atomic E-state index is 13.4. The molecule has 0 aliphatic heterocycles. The van der Waals surface area contributed by atoms with E-state index >= 15 is 0 Å². The van der Waals surface area contributed by atoms with E-state index in [-0.39, 0.29) is 5.91 Å². The Hall–Kier alpha value is -3.10. The molecule has 0 saturated heterocycles. The van der Waals surface area contributed by atoms with Crippen LogP contribution in [-0.2, 0) is 11.0 Å². The first-order valence-corrected chi connectivity index (χ1v) is 9.06. The Morgan fingerprint density at radius 3 is 2.72 bits per heavy atom. The molecule has 3 N–H and O–H groups in total. The number of rotatable bonds is 7. The predicted molar refractivity (Wildman–Crippen MR) is 102 cm³/mol. The zero-order valence-electron chi connectivity index (χ0n) is 15.6. The Bertz CT molecular complexity index is 1000. The summed E-state index contributed by atoms with van der Waals surface area (Å²) in [6, 6.07) is 8.68. The van der Waals surface area contributed by atoms with Gasteiger partial charge in [0, 0.05) is 13.5 Å². The van der Waals surface area contributed by atoms with Crippen LogP contribution in [0.3, 0.4) is 0 Å². The summed E-state index contributed by atoms with van der Waals surface area (Å²) >= 11 is 0. The number of imidazole rings is 1. The highest BCUT2D eigenvalue weighted by molar-refractivity contribution is 5.77. The highest BCUT2D eigenvalue weighted by atomic mass is 19.4. The molecular formula is C20H20F4N4O. The molecule has 0 saturated carbocycles. The number of H-pyrrole nitrogens is 1. The molecular weight excluding hydrogens is 388 g/mol. The van der Waals surface area contributed by atoms with Crippen LogP contribution in [0.1, 0.15) is 36.9 Å². The van der Waals surface area contributed by atoms with Crippen molar-refractivity contribution >= 4 is 22.9 Å². The Balaban J connectivity index is 1.84. The van der Waals surface area contributed by atoms with Gasteiger partial charge in [0.1, 0.15) is 5.82 Å². The van der Waals surface area contributed by atoms with E-state index in [4.69, 9.17) is 0 Å². The number of hydrogen-bond donors (Lipinski definition) is 3. The summed E-state index contributed by atoms with van der Waals surface area (Å²) in [5.41, 5.74) is 0.716. The summed E-state index contributed by atoms with van der Waals surface area (Å²) in [5, 5.41) is 5.77. The second-order valence-electron chi connectivity index (χ2n) is 6.69. The molecule has 3 rings (SSSR count).